The molecule has 0 saturated heterocycles. The Morgan fingerprint density at radius 3 is 2.54 bits per heavy atom. The van der Waals surface area contributed by atoms with Gasteiger partial charge in [-0.1, -0.05) is 41.2 Å². The zero-order chi connectivity index (χ0) is 18.7. The molecule has 0 aliphatic heterocycles. The highest BCUT2D eigenvalue weighted by Crippen LogP contribution is 2.21. The van der Waals surface area contributed by atoms with E-state index in [1.165, 1.54) is 11.3 Å². The summed E-state index contributed by atoms with van der Waals surface area (Å²) in [6.07, 6.45) is 0. The van der Waals surface area contributed by atoms with Gasteiger partial charge in [-0.25, -0.2) is 0 Å². The summed E-state index contributed by atoms with van der Waals surface area (Å²) in [4.78, 5) is 29.4. The number of para-hydroxylation sites is 1. The minimum Gasteiger partial charge on any atom is -0.465 e. The predicted octanol–water partition coefficient (Wildman–Crippen LogP) is 3.62. The molecule has 0 saturated carbocycles. The Morgan fingerprint density at radius 1 is 1.12 bits per heavy atom. The predicted molar refractivity (Wildman–Crippen MR) is 102 cm³/mol. The fourth-order valence-electron chi connectivity index (χ4n) is 2.72. The lowest BCUT2D eigenvalue weighted by atomic mass is 10.1. The van der Waals surface area contributed by atoms with Gasteiger partial charge in [0.1, 0.15) is 6.54 Å². The van der Waals surface area contributed by atoms with Crippen LogP contribution in [0.5, 0.6) is 0 Å². The van der Waals surface area contributed by atoms with Gasteiger partial charge in [-0.2, -0.15) is 4.99 Å². The minimum atomic E-state index is -0.348. The zero-order valence-corrected chi connectivity index (χ0v) is 15.8. The minimum absolute atomic E-state index is 0.0265. The first-order valence-electron chi connectivity index (χ1n) is 8.40. The number of amides is 1. The second-order valence-electron chi connectivity index (χ2n) is 5.98. The number of ether oxygens (including phenoxy) is 1. The van der Waals surface area contributed by atoms with E-state index in [-0.39, 0.29) is 18.4 Å². The fourth-order valence-corrected chi connectivity index (χ4v) is 3.83. The largest absolute Gasteiger partial charge is 0.465 e. The monoisotopic (exact) mass is 368 g/mol. The molecule has 0 atom stereocenters. The molecule has 134 valence electrons. The first kappa shape index (κ1) is 18.1. The van der Waals surface area contributed by atoms with Crippen molar-refractivity contribution in [3.63, 3.8) is 0 Å². The van der Waals surface area contributed by atoms with E-state index in [9.17, 15) is 9.59 Å². The van der Waals surface area contributed by atoms with E-state index in [2.05, 4.69) is 4.99 Å². The molecule has 0 aliphatic carbocycles. The molecule has 1 aromatic heterocycles. The van der Waals surface area contributed by atoms with Gasteiger partial charge in [-0.15, -0.1) is 0 Å². The molecule has 3 rings (SSSR count). The highest BCUT2D eigenvalue weighted by atomic mass is 32.1. The molecule has 0 spiro atoms. The Morgan fingerprint density at radius 2 is 1.85 bits per heavy atom. The maximum Gasteiger partial charge on any atom is 0.326 e. The van der Waals surface area contributed by atoms with Crippen molar-refractivity contribution in [1.82, 2.24) is 4.57 Å². The van der Waals surface area contributed by atoms with E-state index in [0.29, 0.717) is 17.0 Å². The van der Waals surface area contributed by atoms with E-state index in [1.54, 1.807) is 23.6 Å². The number of hydrogen-bond acceptors (Lipinski definition) is 4. The lowest BCUT2D eigenvalue weighted by Gasteiger charge is -2.06. The third kappa shape index (κ3) is 3.75. The molecule has 3 aromatic rings. The van der Waals surface area contributed by atoms with Crippen LogP contribution in [0.4, 0.5) is 0 Å². The average molecular weight is 368 g/mol. The number of thiazole rings is 1. The fraction of sp³-hybridized carbons (Fsp3) is 0.250. The maximum atomic E-state index is 12.6. The molecule has 6 heteroatoms. The average Bonchev–Trinajstić information content (AvgIpc) is 2.94. The SMILES string of the molecule is CCOC(=O)Cn1c(=NC(=O)c2ccc(C)cc2)sc2cccc(C)c21. The van der Waals surface area contributed by atoms with Crippen molar-refractivity contribution in [2.75, 3.05) is 6.61 Å². The van der Waals surface area contributed by atoms with Crippen LogP contribution in [-0.4, -0.2) is 23.1 Å². The molecule has 5 nitrogen and oxygen atoms in total. The summed E-state index contributed by atoms with van der Waals surface area (Å²) < 4.78 is 7.82. The van der Waals surface area contributed by atoms with Gasteiger partial charge < -0.3 is 9.30 Å². The van der Waals surface area contributed by atoms with Gasteiger partial charge in [0.2, 0.25) is 0 Å². The summed E-state index contributed by atoms with van der Waals surface area (Å²) in [5.74, 6) is -0.675. The van der Waals surface area contributed by atoms with Crippen LogP contribution in [0.3, 0.4) is 0 Å². The smallest absolute Gasteiger partial charge is 0.326 e. The van der Waals surface area contributed by atoms with Crippen LogP contribution in [-0.2, 0) is 16.1 Å². The Kier molecular flexibility index (Phi) is 5.32. The van der Waals surface area contributed by atoms with E-state index in [1.807, 2.05) is 44.2 Å². The summed E-state index contributed by atoms with van der Waals surface area (Å²) in [5, 5.41) is 0. The molecule has 0 radical (unpaired) electrons. The van der Waals surface area contributed by atoms with Gasteiger partial charge in [-0.3, -0.25) is 9.59 Å². The maximum absolute atomic E-state index is 12.6. The highest BCUT2D eigenvalue weighted by molar-refractivity contribution is 7.16. The van der Waals surface area contributed by atoms with Crippen LogP contribution in [0.15, 0.2) is 47.5 Å². The Bertz CT molecular complexity index is 1030. The lowest BCUT2D eigenvalue weighted by molar-refractivity contribution is -0.143. The number of carbonyl (C=O) groups excluding carboxylic acids is 2. The van der Waals surface area contributed by atoms with Crippen molar-refractivity contribution in [2.24, 2.45) is 4.99 Å². The van der Waals surface area contributed by atoms with E-state index >= 15 is 0 Å². The molecule has 0 aliphatic rings. The summed E-state index contributed by atoms with van der Waals surface area (Å²) in [6, 6.07) is 13.2. The number of carbonyl (C=O) groups is 2. The second kappa shape index (κ2) is 7.66. The van der Waals surface area contributed by atoms with Crippen molar-refractivity contribution >= 4 is 33.4 Å². The number of nitrogens with zero attached hydrogens (tertiary/aromatic N) is 2. The Hall–Kier alpha value is -2.73. The highest BCUT2D eigenvalue weighted by Gasteiger charge is 2.14. The van der Waals surface area contributed by atoms with Crippen LogP contribution in [0.2, 0.25) is 0 Å². The molecular weight excluding hydrogens is 348 g/mol. The Balaban J connectivity index is 2.12. The van der Waals surface area contributed by atoms with Crippen LogP contribution in [0, 0.1) is 13.8 Å². The molecule has 0 fully saturated rings. The van der Waals surface area contributed by atoms with E-state index < -0.39 is 0 Å². The first-order valence-corrected chi connectivity index (χ1v) is 9.21. The van der Waals surface area contributed by atoms with Crippen molar-refractivity contribution in [3.8, 4) is 0 Å². The van der Waals surface area contributed by atoms with Crippen molar-refractivity contribution in [3.05, 3.63) is 64.0 Å². The standard InChI is InChI=1S/C20H20N2O3S/c1-4-25-17(23)12-22-18-14(3)6-5-7-16(18)26-20(22)21-19(24)15-10-8-13(2)9-11-15/h5-11H,4,12H2,1-3H3. The van der Waals surface area contributed by atoms with Crippen LogP contribution < -0.4 is 4.80 Å². The van der Waals surface area contributed by atoms with Crippen LogP contribution in [0.25, 0.3) is 10.2 Å². The first-order chi connectivity index (χ1) is 12.5. The van der Waals surface area contributed by atoms with Crippen molar-refractivity contribution in [2.45, 2.75) is 27.3 Å². The number of benzene rings is 2. The molecule has 0 unspecified atom stereocenters. The van der Waals surface area contributed by atoms with Crippen molar-refractivity contribution < 1.29 is 14.3 Å². The quantitative estimate of drug-likeness (QED) is 0.661. The third-order valence-corrected chi connectivity index (χ3v) is 5.03. The van der Waals surface area contributed by atoms with Crippen LogP contribution >= 0.6 is 11.3 Å². The molecule has 1 heterocycles. The van der Waals surface area contributed by atoms with Crippen molar-refractivity contribution in [1.29, 1.82) is 0 Å². The number of hydrogen-bond donors (Lipinski definition) is 0. The number of rotatable bonds is 4. The molecule has 0 N–H and O–H groups in total. The summed E-state index contributed by atoms with van der Waals surface area (Å²) >= 11 is 1.39. The van der Waals surface area contributed by atoms with Gasteiger partial charge in [0, 0.05) is 5.56 Å². The second-order valence-corrected chi connectivity index (χ2v) is 6.99. The number of esters is 1. The number of aryl methyl sites for hydroxylation is 2. The van der Waals surface area contributed by atoms with Gasteiger partial charge in [0.15, 0.2) is 4.80 Å². The van der Waals surface area contributed by atoms with E-state index in [4.69, 9.17) is 4.74 Å². The number of fused-ring (bicyclic) bond motifs is 1. The molecular formula is C20H20N2O3S. The van der Waals surface area contributed by atoms with Gasteiger partial charge in [-0.05, 0) is 44.5 Å². The molecule has 0 bridgehead atoms. The zero-order valence-electron chi connectivity index (χ0n) is 15.0. The third-order valence-electron chi connectivity index (χ3n) is 3.99. The molecule has 26 heavy (non-hydrogen) atoms. The summed E-state index contributed by atoms with van der Waals surface area (Å²) in [6.45, 7) is 6.05. The van der Waals surface area contributed by atoms with Crippen LogP contribution in [0.1, 0.15) is 28.4 Å². The molecule has 2 aromatic carbocycles. The Labute approximate surface area is 155 Å². The van der Waals surface area contributed by atoms with Gasteiger partial charge in [0.05, 0.1) is 16.8 Å². The lowest BCUT2D eigenvalue weighted by Crippen LogP contribution is -2.23. The summed E-state index contributed by atoms with van der Waals surface area (Å²) in [5.41, 5.74) is 3.53. The normalized spacial score (nSPS) is 11.7. The van der Waals surface area contributed by atoms with E-state index in [0.717, 1.165) is 21.3 Å². The van der Waals surface area contributed by atoms with Gasteiger partial charge in [0.25, 0.3) is 5.91 Å². The number of aromatic nitrogens is 1. The molecule has 1 amide bonds. The topological polar surface area (TPSA) is 60.7 Å². The van der Waals surface area contributed by atoms with Gasteiger partial charge >= 0.3 is 5.97 Å². The summed E-state index contributed by atoms with van der Waals surface area (Å²) in [7, 11) is 0.